The molecule has 9 heteroatoms. The molecule has 0 atom stereocenters. The molecule has 0 aliphatic carbocycles. The molecule has 0 spiro atoms. The number of hydrogen-bond donors (Lipinski definition) is 0. The lowest BCUT2D eigenvalue weighted by molar-refractivity contribution is -0.143. The minimum Gasteiger partial charge on any atom is -0.299 e. The Morgan fingerprint density at radius 1 is 1.27 bits per heavy atom. The van der Waals surface area contributed by atoms with Crippen molar-refractivity contribution in [3.05, 3.63) is 40.4 Å². The zero-order chi connectivity index (χ0) is 16.3. The van der Waals surface area contributed by atoms with Gasteiger partial charge in [0.1, 0.15) is 5.78 Å². The fourth-order valence-electron chi connectivity index (χ4n) is 1.75. The summed E-state index contributed by atoms with van der Waals surface area (Å²) in [4.78, 5) is 15.5. The van der Waals surface area contributed by atoms with E-state index in [0.717, 1.165) is 0 Å². The molecule has 118 valence electrons. The number of nitrogens with zero attached hydrogens (tertiary/aromatic N) is 3. The van der Waals surface area contributed by atoms with Gasteiger partial charge in [-0.3, -0.25) is 9.78 Å². The maximum atomic E-state index is 12.1. The average Bonchev–Trinajstić information content (AvgIpc) is 2.77. The van der Waals surface area contributed by atoms with Gasteiger partial charge in [-0.15, -0.1) is 0 Å². The van der Waals surface area contributed by atoms with Crippen molar-refractivity contribution < 1.29 is 18.0 Å². The summed E-state index contributed by atoms with van der Waals surface area (Å²) < 4.78 is 37.6. The summed E-state index contributed by atoms with van der Waals surface area (Å²) in [5.41, 5.74) is 0.886. The van der Waals surface area contributed by atoms with Gasteiger partial charge < -0.3 is 0 Å². The van der Waals surface area contributed by atoms with Crippen LogP contribution in [0.2, 0.25) is 10.2 Å². The van der Waals surface area contributed by atoms with E-state index >= 15 is 0 Å². The van der Waals surface area contributed by atoms with Crippen molar-refractivity contribution in [3.8, 4) is 5.69 Å². The molecule has 22 heavy (non-hydrogen) atoms. The van der Waals surface area contributed by atoms with E-state index in [1.165, 1.54) is 23.3 Å². The van der Waals surface area contributed by atoms with Crippen molar-refractivity contribution in [2.75, 3.05) is 0 Å². The van der Waals surface area contributed by atoms with Crippen molar-refractivity contribution in [2.24, 2.45) is 0 Å². The molecular formula is C13H10Cl2F3N3O. The van der Waals surface area contributed by atoms with E-state index in [2.05, 4.69) is 10.1 Å². The third-order valence-electron chi connectivity index (χ3n) is 2.77. The van der Waals surface area contributed by atoms with Crippen LogP contribution in [0.25, 0.3) is 5.69 Å². The maximum Gasteiger partial charge on any atom is 0.389 e. The summed E-state index contributed by atoms with van der Waals surface area (Å²) in [5.74, 6) is -0.553. The number of carbonyl (C=O) groups is 1. The lowest BCUT2D eigenvalue weighted by Gasteiger charge is -2.04. The first-order chi connectivity index (χ1) is 10.2. The van der Waals surface area contributed by atoms with Crippen molar-refractivity contribution in [1.29, 1.82) is 0 Å². The molecule has 0 aliphatic rings. The number of ketones is 1. The van der Waals surface area contributed by atoms with E-state index in [-0.39, 0.29) is 11.6 Å². The van der Waals surface area contributed by atoms with Gasteiger partial charge in [-0.25, -0.2) is 4.68 Å². The Kier molecular flexibility index (Phi) is 5.08. The predicted molar refractivity (Wildman–Crippen MR) is 75.4 cm³/mol. The number of alkyl halides is 3. The number of halogens is 5. The summed E-state index contributed by atoms with van der Waals surface area (Å²) in [6.45, 7) is 0. The van der Waals surface area contributed by atoms with Crippen LogP contribution in [0.3, 0.4) is 0 Å². The van der Waals surface area contributed by atoms with E-state index in [9.17, 15) is 18.0 Å². The Hall–Kier alpha value is -1.60. The molecule has 2 aromatic heterocycles. The molecule has 0 fully saturated rings. The Bertz CT molecular complexity index is 685. The molecule has 2 aromatic rings. The highest BCUT2D eigenvalue weighted by Gasteiger charge is 2.28. The van der Waals surface area contributed by atoms with Crippen LogP contribution in [0.5, 0.6) is 0 Å². The van der Waals surface area contributed by atoms with Crippen LogP contribution >= 0.6 is 23.2 Å². The second-order valence-electron chi connectivity index (χ2n) is 4.58. The van der Waals surface area contributed by atoms with Gasteiger partial charge >= 0.3 is 6.18 Å². The molecule has 0 bridgehead atoms. The van der Waals surface area contributed by atoms with Gasteiger partial charge in [-0.05, 0) is 6.07 Å². The van der Waals surface area contributed by atoms with Gasteiger partial charge in [-0.2, -0.15) is 18.3 Å². The molecule has 0 aromatic carbocycles. The fourth-order valence-corrected chi connectivity index (χ4v) is 2.11. The van der Waals surface area contributed by atoms with Gasteiger partial charge in [0.15, 0.2) is 5.15 Å². The van der Waals surface area contributed by atoms with Gasteiger partial charge in [0.25, 0.3) is 0 Å². The molecular weight excluding hydrogens is 342 g/mol. The largest absolute Gasteiger partial charge is 0.389 e. The Labute approximate surface area is 133 Å². The number of pyridine rings is 1. The highest BCUT2D eigenvalue weighted by atomic mass is 35.5. The number of carbonyl (C=O) groups excluding carboxylic acids is 1. The van der Waals surface area contributed by atoms with Gasteiger partial charge in [0.2, 0.25) is 0 Å². The summed E-state index contributed by atoms with van der Waals surface area (Å²) >= 11 is 11.7. The van der Waals surface area contributed by atoms with Crippen molar-refractivity contribution >= 4 is 29.0 Å². The van der Waals surface area contributed by atoms with Crippen LogP contribution < -0.4 is 0 Å². The van der Waals surface area contributed by atoms with Crippen LogP contribution in [-0.2, 0) is 11.2 Å². The van der Waals surface area contributed by atoms with Gasteiger partial charge in [0.05, 0.1) is 23.3 Å². The Balaban J connectivity index is 2.09. The van der Waals surface area contributed by atoms with Gasteiger partial charge in [-0.1, -0.05) is 23.2 Å². The predicted octanol–water partition coefficient (Wildman–Crippen LogP) is 4.03. The molecule has 0 saturated carbocycles. The van der Waals surface area contributed by atoms with Crippen molar-refractivity contribution in [2.45, 2.75) is 25.4 Å². The molecule has 0 saturated heterocycles. The fraction of sp³-hybridized carbons (Fsp3) is 0.308. The smallest absolute Gasteiger partial charge is 0.299 e. The molecule has 2 rings (SSSR count). The molecule has 4 nitrogen and oxygen atoms in total. The maximum absolute atomic E-state index is 12.1. The summed E-state index contributed by atoms with van der Waals surface area (Å²) in [6.07, 6.45) is -1.87. The number of aromatic nitrogens is 3. The van der Waals surface area contributed by atoms with Crippen LogP contribution in [0, 0.1) is 0 Å². The minimum absolute atomic E-state index is 0.0559. The summed E-state index contributed by atoms with van der Waals surface area (Å²) in [5, 5.41) is 4.44. The van der Waals surface area contributed by atoms with Crippen LogP contribution in [0.4, 0.5) is 13.2 Å². The first kappa shape index (κ1) is 16.8. The quantitative estimate of drug-likeness (QED) is 0.816. The number of Topliss-reactive ketones (excluding diaryl/α,β-unsaturated/α-hetero) is 1. The van der Waals surface area contributed by atoms with E-state index in [0.29, 0.717) is 16.3 Å². The zero-order valence-electron chi connectivity index (χ0n) is 11.1. The average molecular weight is 352 g/mol. The summed E-state index contributed by atoms with van der Waals surface area (Å²) in [7, 11) is 0. The second-order valence-corrected chi connectivity index (χ2v) is 5.38. The highest BCUT2D eigenvalue weighted by molar-refractivity contribution is 6.30. The SMILES string of the molecule is O=C(CCC(F)(F)F)Cc1cn(-c2cncc(Cl)c2)nc1Cl. The van der Waals surface area contributed by atoms with Crippen LogP contribution in [0.1, 0.15) is 18.4 Å². The molecule has 0 N–H and O–H groups in total. The number of rotatable bonds is 5. The number of hydrogen-bond acceptors (Lipinski definition) is 3. The molecule has 0 amide bonds. The molecule has 0 aliphatic heterocycles. The lowest BCUT2D eigenvalue weighted by Crippen LogP contribution is -2.12. The van der Waals surface area contributed by atoms with E-state index < -0.39 is 24.8 Å². The second kappa shape index (κ2) is 6.66. The Morgan fingerprint density at radius 3 is 2.64 bits per heavy atom. The molecule has 0 unspecified atom stereocenters. The molecule has 0 radical (unpaired) electrons. The van der Waals surface area contributed by atoms with Gasteiger partial charge in [0, 0.05) is 30.8 Å². The third kappa shape index (κ3) is 4.71. The first-order valence-electron chi connectivity index (χ1n) is 6.18. The van der Waals surface area contributed by atoms with Crippen molar-refractivity contribution in [3.63, 3.8) is 0 Å². The standard InChI is InChI=1S/C13H10Cl2F3N3O/c14-9-4-10(6-19-5-9)21-7-8(12(15)20-21)3-11(22)1-2-13(16,17)18/h4-7H,1-3H2. The van der Waals surface area contributed by atoms with E-state index in [1.54, 1.807) is 6.07 Å². The third-order valence-corrected chi connectivity index (χ3v) is 3.29. The van der Waals surface area contributed by atoms with E-state index in [4.69, 9.17) is 23.2 Å². The lowest BCUT2D eigenvalue weighted by atomic mass is 10.1. The van der Waals surface area contributed by atoms with Crippen LogP contribution in [0.15, 0.2) is 24.7 Å². The normalized spacial score (nSPS) is 11.7. The molecule has 2 heterocycles. The Morgan fingerprint density at radius 2 is 2.00 bits per heavy atom. The van der Waals surface area contributed by atoms with Crippen molar-refractivity contribution in [1.82, 2.24) is 14.8 Å². The minimum atomic E-state index is -4.35. The first-order valence-corrected chi connectivity index (χ1v) is 6.93. The highest BCUT2D eigenvalue weighted by Crippen LogP contribution is 2.23. The topological polar surface area (TPSA) is 47.8 Å². The zero-order valence-corrected chi connectivity index (χ0v) is 12.6. The van der Waals surface area contributed by atoms with Crippen LogP contribution in [-0.4, -0.2) is 26.7 Å². The monoisotopic (exact) mass is 351 g/mol. The summed E-state index contributed by atoms with van der Waals surface area (Å²) in [6, 6.07) is 1.59. The van der Waals surface area contributed by atoms with E-state index in [1.807, 2.05) is 0 Å².